The van der Waals surface area contributed by atoms with Crippen LogP contribution in [0.4, 0.5) is 0 Å². The lowest BCUT2D eigenvalue weighted by atomic mass is 9.69. The van der Waals surface area contributed by atoms with E-state index in [1.54, 1.807) is 0 Å². The first-order chi connectivity index (χ1) is 3.45. The van der Waals surface area contributed by atoms with Gasteiger partial charge in [0, 0.05) is 19.3 Å². The Labute approximate surface area is 44.2 Å². The molecule has 0 aromatic heterocycles. The van der Waals surface area contributed by atoms with Crippen molar-refractivity contribution in [2.45, 2.75) is 19.3 Å². The van der Waals surface area contributed by atoms with E-state index in [9.17, 15) is 0 Å². The minimum absolute atomic E-state index is 0.874. The molecule has 0 N–H and O–H groups in total. The van der Waals surface area contributed by atoms with Crippen molar-refractivity contribution in [1.29, 1.82) is 0 Å². The van der Waals surface area contributed by atoms with Gasteiger partial charge in [0.1, 0.15) is 0 Å². The SMILES string of the molecule is [C+]1=CCC2CC1C2. The Balaban J connectivity index is 2.18. The first kappa shape index (κ1) is 3.63. The van der Waals surface area contributed by atoms with Crippen LogP contribution in [0, 0.1) is 17.9 Å². The summed E-state index contributed by atoms with van der Waals surface area (Å²) in [5, 5.41) is 0. The van der Waals surface area contributed by atoms with Crippen molar-refractivity contribution in [1.82, 2.24) is 0 Å². The van der Waals surface area contributed by atoms with E-state index in [4.69, 9.17) is 0 Å². The predicted molar refractivity (Wildman–Crippen MR) is 28.6 cm³/mol. The summed E-state index contributed by atoms with van der Waals surface area (Å²) in [6, 6.07) is 0. The average molecular weight is 93.1 g/mol. The van der Waals surface area contributed by atoms with E-state index in [2.05, 4.69) is 12.2 Å². The molecule has 0 aliphatic heterocycles. The maximum atomic E-state index is 3.32. The Kier molecular flexibility index (Phi) is 0.558. The van der Waals surface area contributed by atoms with Crippen LogP contribution in [0.2, 0.25) is 0 Å². The molecule has 3 aliphatic carbocycles. The van der Waals surface area contributed by atoms with Crippen LogP contribution in [0.15, 0.2) is 6.08 Å². The summed E-state index contributed by atoms with van der Waals surface area (Å²) in [7, 11) is 0. The molecule has 0 atom stereocenters. The van der Waals surface area contributed by atoms with Gasteiger partial charge in [0.25, 0.3) is 0 Å². The molecule has 3 rings (SSSR count). The summed E-state index contributed by atoms with van der Waals surface area (Å²) in [5.74, 6) is 1.94. The first-order valence-electron chi connectivity index (χ1n) is 3.03. The van der Waals surface area contributed by atoms with Crippen LogP contribution in [0.5, 0.6) is 0 Å². The van der Waals surface area contributed by atoms with Gasteiger partial charge >= 0.3 is 0 Å². The summed E-state index contributed by atoms with van der Waals surface area (Å²) < 4.78 is 0. The zero-order valence-electron chi connectivity index (χ0n) is 4.35. The monoisotopic (exact) mass is 93.1 g/mol. The van der Waals surface area contributed by atoms with Gasteiger partial charge in [0.05, 0.1) is 0 Å². The Morgan fingerprint density at radius 2 is 2.29 bits per heavy atom. The van der Waals surface area contributed by atoms with Crippen LogP contribution >= 0.6 is 0 Å². The van der Waals surface area contributed by atoms with Gasteiger partial charge < -0.3 is 0 Å². The lowest BCUT2D eigenvalue weighted by Crippen LogP contribution is -2.24. The van der Waals surface area contributed by atoms with Crippen LogP contribution in [-0.4, -0.2) is 0 Å². The zero-order chi connectivity index (χ0) is 4.69. The van der Waals surface area contributed by atoms with Crippen molar-refractivity contribution in [2.24, 2.45) is 11.8 Å². The third kappa shape index (κ3) is 0.404. The standard InChI is InChI=1S/C7H9/c1-2-6-4-7(3-1)5-6/h1,6-7H,2,4-5H2/q+1. The van der Waals surface area contributed by atoms with Crippen LogP contribution in [0.1, 0.15) is 19.3 Å². The van der Waals surface area contributed by atoms with Crippen molar-refractivity contribution >= 4 is 0 Å². The highest BCUT2D eigenvalue weighted by molar-refractivity contribution is 4.98. The summed E-state index contributed by atoms with van der Waals surface area (Å²) in [6.45, 7) is 0. The van der Waals surface area contributed by atoms with Crippen molar-refractivity contribution in [3.8, 4) is 0 Å². The number of hydrogen-bond donors (Lipinski definition) is 0. The molecule has 0 amide bonds. The molecule has 0 unspecified atom stereocenters. The fourth-order valence-electron chi connectivity index (χ4n) is 1.47. The second-order valence-corrected chi connectivity index (χ2v) is 2.64. The molecule has 0 spiro atoms. The fraction of sp³-hybridized carbons (Fsp3) is 0.714. The summed E-state index contributed by atoms with van der Waals surface area (Å²) in [5.41, 5.74) is 0. The van der Waals surface area contributed by atoms with Crippen LogP contribution in [0.25, 0.3) is 0 Å². The second-order valence-electron chi connectivity index (χ2n) is 2.64. The average Bonchev–Trinajstić information content (AvgIpc) is 1.67. The van der Waals surface area contributed by atoms with Crippen molar-refractivity contribution in [2.75, 3.05) is 0 Å². The molecule has 0 aromatic carbocycles. The van der Waals surface area contributed by atoms with Gasteiger partial charge in [-0.25, -0.2) is 0 Å². The minimum Gasteiger partial charge on any atom is -0.0237 e. The van der Waals surface area contributed by atoms with E-state index in [1.807, 2.05) is 0 Å². The van der Waals surface area contributed by atoms with Gasteiger partial charge in [-0.1, -0.05) is 0 Å². The molecule has 1 fully saturated rings. The lowest BCUT2D eigenvalue weighted by molar-refractivity contribution is 0.216. The van der Waals surface area contributed by atoms with Gasteiger partial charge in [-0.2, -0.15) is 0 Å². The van der Waals surface area contributed by atoms with E-state index in [1.165, 1.54) is 19.3 Å². The molecular weight excluding hydrogens is 84.1 g/mol. The Morgan fingerprint density at radius 3 is 2.43 bits per heavy atom. The van der Waals surface area contributed by atoms with Crippen LogP contribution < -0.4 is 0 Å². The number of fused-ring (bicyclic) bond motifs is 1. The summed E-state index contributed by atoms with van der Waals surface area (Å²) >= 11 is 0. The van der Waals surface area contributed by atoms with Crippen LogP contribution in [-0.2, 0) is 0 Å². The van der Waals surface area contributed by atoms with Gasteiger partial charge in [0.2, 0.25) is 6.08 Å². The molecule has 3 aliphatic rings. The van der Waals surface area contributed by atoms with Crippen molar-refractivity contribution in [3.63, 3.8) is 0 Å². The second kappa shape index (κ2) is 1.08. The lowest BCUT2D eigenvalue weighted by Gasteiger charge is -2.26. The molecule has 2 bridgehead atoms. The molecule has 1 saturated carbocycles. The van der Waals surface area contributed by atoms with E-state index < -0.39 is 0 Å². The Morgan fingerprint density at radius 1 is 1.43 bits per heavy atom. The maximum absolute atomic E-state index is 3.32. The highest BCUT2D eigenvalue weighted by Crippen LogP contribution is 2.40. The topological polar surface area (TPSA) is 0 Å². The number of allylic oxidation sites excluding steroid dienone is 2. The van der Waals surface area contributed by atoms with Crippen LogP contribution in [0.3, 0.4) is 0 Å². The largest absolute Gasteiger partial charge is 0.221 e. The quantitative estimate of drug-likeness (QED) is 0.400. The molecule has 0 nitrogen and oxygen atoms in total. The summed E-state index contributed by atoms with van der Waals surface area (Å²) in [6.07, 6.45) is 9.73. The van der Waals surface area contributed by atoms with Crippen molar-refractivity contribution < 1.29 is 0 Å². The van der Waals surface area contributed by atoms with Gasteiger partial charge in [0.15, 0.2) is 12.0 Å². The molecular formula is C7H9+. The first-order valence-corrected chi connectivity index (χ1v) is 3.03. The molecule has 0 saturated heterocycles. The zero-order valence-corrected chi connectivity index (χ0v) is 4.35. The molecule has 0 aromatic rings. The summed E-state index contributed by atoms with van der Waals surface area (Å²) in [4.78, 5) is 0. The van der Waals surface area contributed by atoms with E-state index in [0.29, 0.717) is 0 Å². The Bertz CT molecular complexity index is 96.6. The van der Waals surface area contributed by atoms with Gasteiger partial charge in [-0.3, -0.25) is 0 Å². The molecule has 36 valence electrons. The van der Waals surface area contributed by atoms with Gasteiger partial charge in [-0.05, 0) is 5.92 Å². The molecule has 0 heteroatoms. The highest BCUT2D eigenvalue weighted by Gasteiger charge is 2.39. The minimum atomic E-state index is 0.874. The molecule has 0 radical (unpaired) electrons. The smallest absolute Gasteiger partial charge is 0.0237 e. The van der Waals surface area contributed by atoms with E-state index in [0.717, 1.165) is 11.8 Å². The van der Waals surface area contributed by atoms with E-state index in [-0.39, 0.29) is 0 Å². The number of rotatable bonds is 0. The number of hydrogen-bond acceptors (Lipinski definition) is 0. The predicted octanol–water partition coefficient (Wildman–Crippen LogP) is 1.78. The highest BCUT2D eigenvalue weighted by atomic mass is 14.3. The van der Waals surface area contributed by atoms with E-state index >= 15 is 0 Å². The normalized spacial score (nSPS) is 44.6. The maximum Gasteiger partial charge on any atom is 0.221 e. The van der Waals surface area contributed by atoms with Crippen molar-refractivity contribution in [3.05, 3.63) is 12.2 Å². The Hall–Kier alpha value is -0.350. The third-order valence-electron chi connectivity index (χ3n) is 2.04. The fourth-order valence-corrected chi connectivity index (χ4v) is 1.47. The third-order valence-corrected chi connectivity index (χ3v) is 2.04. The molecule has 0 heterocycles. The molecule has 7 heavy (non-hydrogen) atoms. The van der Waals surface area contributed by atoms with Gasteiger partial charge in [-0.15, -0.1) is 0 Å².